The highest BCUT2D eigenvalue weighted by Crippen LogP contribution is 2.18. The zero-order valence-electron chi connectivity index (χ0n) is 13.4. The largest absolute Gasteiger partial charge is 0.290 e. The van der Waals surface area contributed by atoms with E-state index in [0.717, 1.165) is 4.47 Å². The van der Waals surface area contributed by atoms with Crippen LogP contribution in [0.3, 0.4) is 0 Å². The van der Waals surface area contributed by atoms with E-state index in [1.54, 1.807) is 36.4 Å². The second-order valence-corrected chi connectivity index (χ2v) is 7.84. The molecule has 0 unspecified atom stereocenters. The van der Waals surface area contributed by atoms with Gasteiger partial charge in [-0.25, -0.2) is 4.99 Å². The van der Waals surface area contributed by atoms with Gasteiger partial charge < -0.3 is 0 Å². The number of allylic oxidation sites excluding steroid dienone is 4. The fourth-order valence-electron chi connectivity index (χ4n) is 2.14. The summed E-state index contributed by atoms with van der Waals surface area (Å²) in [6.45, 7) is 0. The van der Waals surface area contributed by atoms with Crippen molar-refractivity contribution in [1.82, 2.24) is 0 Å². The highest BCUT2D eigenvalue weighted by atomic mass is 79.9. The van der Waals surface area contributed by atoms with Gasteiger partial charge in [-0.3, -0.25) is 4.79 Å². The Morgan fingerprint density at radius 1 is 0.846 bits per heavy atom. The minimum absolute atomic E-state index is 0.0483. The Bertz CT molecular complexity index is 1030. The minimum Gasteiger partial charge on any atom is -0.290 e. The molecule has 0 saturated heterocycles. The Kier molecular flexibility index (Phi) is 5.39. The van der Waals surface area contributed by atoms with Gasteiger partial charge in [0.15, 0.2) is 11.6 Å². The van der Waals surface area contributed by atoms with Crippen LogP contribution < -0.4 is 0 Å². The molecule has 1 aliphatic carbocycles. The molecule has 0 aliphatic heterocycles. The fraction of sp³-hybridized carbons (Fsp3) is 0. The fourth-order valence-corrected chi connectivity index (χ4v) is 3.36. The normalized spacial score (nSPS) is 14.6. The Labute approximate surface area is 159 Å². The van der Waals surface area contributed by atoms with Crippen LogP contribution in [0, 0.1) is 0 Å². The summed E-state index contributed by atoms with van der Waals surface area (Å²) < 4.78 is 30.0. The number of nitrogens with zero attached hydrogens (tertiary/aromatic N) is 2. The lowest BCUT2D eigenvalue weighted by Gasteiger charge is -2.05. The molecule has 0 atom stereocenters. The number of rotatable bonds is 3. The van der Waals surface area contributed by atoms with Crippen molar-refractivity contribution in [3.05, 3.63) is 88.9 Å². The molecule has 0 radical (unpaired) electrons. The van der Waals surface area contributed by atoms with Gasteiger partial charge in [-0.1, -0.05) is 46.3 Å². The summed E-state index contributed by atoms with van der Waals surface area (Å²) >= 11 is 3.28. The number of ketones is 1. The van der Waals surface area contributed by atoms with Gasteiger partial charge in [-0.05, 0) is 48.6 Å². The van der Waals surface area contributed by atoms with Gasteiger partial charge in [0, 0.05) is 10.0 Å². The zero-order valence-corrected chi connectivity index (χ0v) is 15.8. The molecule has 0 saturated carbocycles. The van der Waals surface area contributed by atoms with Crippen LogP contribution in [0.4, 0.5) is 0 Å². The minimum atomic E-state index is -3.94. The second kappa shape index (κ2) is 7.72. The number of hydrogen-bond donors (Lipinski definition) is 0. The van der Waals surface area contributed by atoms with Gasteiger partial charge in [0.1, 0.15) is 0 Å². The molecule has 2 aromatic carbocycles. The molecule has 0 bridgehead atoms. The lowest BCUT2D eigenvalue weighted by molar-refractivity contribution is -0.110. The van der Waals surface area contributed by atoms with Gasteiger partial charge in [0.2, 0.25) is 0 Å². The van der Waals surface area contributed by atoms with Gasteiger partial charge >= 0.3 is 0 Å². The van der Waals surface area contributed by atoms with Crippen LogP contribution in [0.1, 0.15) is 5.56 Å². The molecule has 1 aliphatic rings. The number of aliphatic imine (C=N–C) groups is 1. The third kappa shape index (κ3) is 4.50. The SMILES string of the molecule is O=C1C=CC(=NC(=NS(=O)(=O)c2ccc(Br)cc2)c2ccccc2)C=C1. The maximum Gasteiger partial charge on any atom is 0.284 e. The number of sulfonamides is 1. The van der Waals surface area contributed by atoms with Gasteiger partial charge in [-0.15, -0.1) is 4.40 Å². The average molecular weight is 429 g/mol. The first kappa shape index (κ1) is 18.2. The van der Waals surface area contributed by atoms with Crippen LogP contribution in [-0.2, 0) is 14.8 Å². The highest BCUT2D eigenvalue weighted by Gasteiger charge is 2.16. The number of benzene rings is 2. The Balaban J connectivity index is 2.09. The van der Waals surface area contributed by atoms with Gasteiger partial charge in [0.05, 0.1) is 10.6 Å². The molecular weight excluding hydrogens is 416 g/mol. The number of carbonyl (C=O) groups excluding carboxylic acids is 1. The molecule has 0 N–H and O–H groups in total. The van der Waals surface area contributed by atoms with Crippen LogP contribution in [0.25, 0.3) is 0 Å². The molecular formula is C19H13BrN2O3S. The van der Waals surface area contributed by atoms with E-state index >= 15 is 0 Å². The summed E-state index contributed by atoms with van der Waals surface area (Å²) in [7, 11) is -3.94. The van der Waals surface area contributed by atoms with Crippen LogP contribution >= 0.6 is 15.9 Å². The number of carbonyl (C=O) groups is 1. The van der Waals surface area contributed by atoms with Crippen LogP contribution in [-0.4, -0.2) is 25.7 Å². The van der Waals surface area contributed by atoms with Gasteiger partial charge in [0.25, 0.3) is 10.0 Å². The van der Waals surface area contributed by atoms with Crippen molar-refractivity contribution >= 4 is 43.3 Å². The number of hydrogen-bond acceptors (Lipinski definition) is 3. The molecule has 0 heterocycles. The first-order chi connectivity index (χ1) is 12.4. The van der Waals surface area contributed by atoms with E-state index in [2.05, 4.69) is 25.3 Å². The van der Waals surface area contributed by atoms with Crippen molar-refractivity contribution in [2.45, 2.75) is 4.90 Å². The van der Waals surface area contributed by atoms with E-state index in [1.165, 1.54) is 36.4 Å². The summed E-state index contributed by atoms with van der Waals surface area (Å²) in [5.41, 5.74) is 0.998. The summed E-state index contributed by atoms with van der Waals surface area (Å²) in [5, 5.41) is 0. The maximum atomic E-state index is 12.7. The Morgan fingerprint density at radius 3 is 2.08 bits per heavy atom. The predicted octanol–water partition coefficient (Wildman–Crippen LogP) is 3.72. The standard InChI is InChI=1S/C19H13BrN2O3S/c20-15-6-12-18(13-7-15)26(24,25)22-19(14-4-2-1-3-5-14)21-16-8-10-17(23)11-9-16/h1-13H. The molecule has 0 amide bonds. The molecule has 2 aromatic rings. The lowest BCUT2D eigenvalue weighted by Crippen LogP contribution is -2.08. The second-order valence-electron chi connectivity index (χ2n) is 5.32. The van der Waals surface area contributed by atoms with Gasteiger partial charge in [-0.2, -0.15) is 8.42 Å². The zero-order chi connectivity index (χ0) is 18.6. The third-order valence-electron chi connectivity index (χ3n) is 3.42. The van der Waals surface area contributed by atoms with Crippen LogP contribution in [0.2, 0.25) is 0 Å². The van der Waals surface area contributed by atoms with Crippen molar-refractivity contribution in [3.63, 3.8) is 0 Å². The summed E-state index contributed by atoms with van der Waals surface area (Å²) in [6, 6.07) is 15.0. The molecule has 3 rings (SSSR count). The summed E-state index contributed by atoms with van der Waals surface area (Å²) in [6.07, 6.45) is 5.77. The number of amidine groups is 1. The van der Waals surface area contributed by atoms with Crippen molar-refractivity contribution in [2.75, 3.05) is 0 Å². The molecule has 7 heteroatoms. The highest BCUT2D eigenvalue weighted by molar-refractivity contribution is 9.10. The van der Waals surface area contributed by atoms with Crippen molar-refractivity contribution in [3.8, 4) is 0 Å². The maximum absolute atomic E-state index is 12.7. The first-order valence-corrected chi connectivity index (χ1v) is 9.82. The monoisotopic (exact) mass is 428 g/mol. The molecule has 26 heavy (non-hydrogen) atoms. The quantitative estimate of drug-likeness (QED) is 0.424. The van der Waals surface area contributed by atoms with Crippen LogP contribution in [0.15, 0.2) is 97.7 Å². The van der Waals surface area contributed by atoms with Crippen molar-refractivity contribution < 1.29 is 13.2 Å². The van der Waals surface area contributed by atoms with Crippen LogP contribution in [0.5, 0.6) is 0 Å². The summed E-state index contributed by atoms with van der Waals surface area (Å²) in [4.78, 5) is 15.6. The molecule has 5 nitrogen and oxygen atoms in total. The van der Waals surface area contributed by atoms with Crippen molar-refractivity contribution in [1.29, 1.82) is 0 Å². The smallest absolute Gasteiger partial charge is 0.284 e. The average Bonchev–Trinajstić information content (AvgIpc) is 2.64. The van der Waals surface area contributed by atoms with E-state index in [0.29, 0.717) is 11.3 Å². The van der Waals surface area contributed by atoms with E-state index in [1.807, 2.05) is 6.07 Å². The Morgan fingerprint density at radius 2 is 1.46 bits per heavy atom. The molecule has 0 aromatic heterocycles. The third-order valence-corrected chi connectivity index (χ3v) is 5.23. The number of halogens is 1. The first-order valence-electron chi connectivity index (χ1n) is 7.59. The topological polar surface area (TPSA) is 75.9 Å². The summed E-state index contributed by atoms with van der Waals surface area (Å²) in [5.74, 6) is -0.100. The molecule has 0 fully saturated rings. The van der Waals surface area contributed by atoms with E-state index in [-0.39, 0.29) is 16.5 Å². The van der Waals surface area contributed by atoms with E-state index in [9.17, 15) is 13.2 Å². The Hall–Kier alpha value is -2.64. The van der Waals surface area contributed by atoms with E-state index in [4.69, 9.17) is 0 Å². The molecule has 0 spiro atoms. The molecule has 130 valence electrons. The van der Waals surface area contributed by atoms with Crippen molar-refractivity contribution in [2.24, 2.45) is 9.39 Å². The lowest BCUT2D eigenvalue weighted by atomic mass is 10.1. The van der Waals surface area contributed by atoms with E-state index < -0.39 is 10.0 Å². The predicted molar refractivity (Wildman–Crippen MR) is 105 cm³/mol.